The summed E-state index contributed by atoms with van der Waals surface area (Å²) in [7, 11) is 0. The van der Waals surface area contributed by atoms with E-state index in [4.69, 9.17) is 9.47 Å². The summed E-state index contributed by atoms with van der Waals surface area (Å²) in [5.74, 6) is 1.35. The third-order valence-electron chi connectivity index (χ3n) is 4.40. The van der Waals surface area contributed by atoms with Gasteiger partial charge in [-0.15, -0.1) is 0 Å². The third kappa shape index (κ3) is 6.63. The summed E-state index contributed by atoms with van der Waals surface area (Å²) >= 11 is 0. The first-order valence-electron chi connectivity index (χ1n) is 9.56. The van der Waals surface area contributed by atoms with E-state index in [0.717, 1.165) is 12.2 Å². The molecule has 0 fully saturated rings. The molecule has 1 N–H and O–H groups in total. The maximum atomic E-state index is 12.2. The molecule has 0 aliphatic rings. The highest BCUT2D eigenvalue weighted by Gasteiger charge is 2.16. The zero-order valence-corrected chi connectivity index (χ0v) is 17.0. The van der Waals surface area contributed by atoms with Crippen LogP contribution in [0, 0.1) is 0 Å². The van der Waals surface area contributed by atoms with E-state index in [1.165, 1.54) is 11.1 Å². The van der Waals surface area contributed by atoms with Crippen molar-refractivity contribution in [2.75, 3.05) is 13.2 Å². The van der Waals surface area contributed by atoms with Gasteiger partial charge in [-0.3, -0.25) is 4.79 Å². The molecule has 4 nitrogen and oxygen atoms in total. The lowest BCUT2D eigenvalue weighted by Crippen LogP contribution is -2.38. The fourth-order valence-electron chi connectivity index (χ4n) is 2.60. The average Bonchev–Trinajstić information content (AvgIpc) is 2.65. The summed E-state index contributed by atoms with van der Waals surface area (Å²) in [5, 5.41) is 2.84. The summed E-state index contributed by atoms with van der Waals surface area (Å²) < 4.78 is 11.4. The van der Waals surface area contributed by atoms with E-state index in [-0.39, 0.29) is 11.3 Å². The predicted molar refractivity (Wildman–Crippen MR) is 110 cm³/mol. The summed E-state index contributed by atoms with van der Waals surface area (Å²) in [6, 6.07) is 15.9. The largest absolute Gasteiger partial charge is 0.492 e. The van der Waals surface area contributed by atoms with Crippen molar-refractivity contribution in [3.05, 3.63) is 59.7 Å². The van der Waals surface area contributed by atoms with Gasteiger partial charge in [0.25, 0.3) is 5.91 Å². The second-order valence-electron chi connectivity index (χ2n) is 7.67. The minimum Gasteiger partial charge on any atom is -0.492 e. The molecule has 0 unspecified atom stereocenters. The second-order valence-corrected chi connectivity index (χ2v) is 7.67. The van der Waals surface area contributed by atoms with Crippen molar-refractivity contribution < 1.29 is 14.3 Å². The van der Waals surface area contributed by atoms with Gasteiger partial charge in [0.1, 0.15) is 18.1 Å². The summed E-state index contributed by atoms with van der Waals surface area (Å²) in [5.41, 5.74) is 2.60. The maximum Gasteiger partial charge on any atom is 0.260 e. The van der Waals surface area contributed by atoms with Gasteiger partial charge in [-0.05, 0) is 54.2 Å². The zero-order valence-electron chi connectivity index (χ0n) is 17.0. The molecule has 0 bridgehead atoms. The van der Waals surface area contributed by atoms with Crippen LogP contribution in [0.2, 0.25) is 0 Å². The Morgan fingerprint density at radius 2 is 1.59 bits per heavy atom. The molecule has 0 radical (unpaired) electrons. The lowest BCUT2D eigenvalue weighted by atomic mass is 9.87. The number of benzene rings is 2. The first-order valence-corrected chi connectivity index (χ1v) is 9.56. The fourth-order valence-corrected chi connectivity index (χ4v) is 2.60. The maximum absolute atomic E-state index is 12.2. The number of amides is 1. The van der Waals surface area contributed by atoms with Gasteiger partial charge in [0.2, 0.25) is 0 Å². The number of aryl methyl sites for hydroxylation is 1. The predicted octanol–water partition coefficient (Wildman–Crippen LogP) is 4.51. The number of carbonyl (C=O) groups is 1. The molecule has 2 aromatic carbocycles. The molecule has 0 saturated heterocycles. The Bertz CT molecular complexity index is 715. The van der Waals surface area contributed by atoms with E-state index < -0.39 is 6.10 Å². The Hall–Kier alpha value is -2.49. The molecule has 146 valence electrons. The van der Waals surface area contributed by atoms with Crippen LogP contribution < -0.4 is 14.8 Å². The Balaban J connectivity index is 1.73. The van der Waals surface area contributed by atoms with Crippen LogP contribution in [0.3, 0.4) is 0 Å². The van der Waals surface area contributed by atoms with Crippen LogP contribution in [0.5, 0.6) is 11.5 Å². The highest BCUT2D eigenvalue weighted by molar-refractivity contribution is 5.80. The summed E-state index contributed by atoms with van der Waals surface area (Å²) in [6.45, 7) is 11.2. The molecule has 0 aromatic heterocycles. The summed E-state index contributed by atoms with van der Waals surface area (Å²) in [6.07, 6.45) is 0.446. The lowest BCUT2D eigenvalue weighted by molar-refractivity contribution is -0.127. The molecule has 2 rings (SSSR count). The van der Waals surface area contributed by atoms with Crippen molar-refractivity contribution in [2.45, 2.75) is 52.6 Å². The van der Waals surface area contributed by atoms with Crippen LogP contribution in [0.15, 0.2) is 48.5 Å². The smallest absolute Gasteiger partial charge is 0.260 e. The standard InChI is InChI=1S/C23H31NO3/c1-6-18-7-11-20(12-8-18)26-16-15-24-22(25)17(2)27-21-13-9-19(10-14-21)23(3,4)5/h7-14,17H,6,15-16H2,1-5H3,(H,24,25)/t17-/m1/s1. The second kappa shape index (κ2) is 9.45. The normalized spacial score (nSPS) is 12.3. The average molecular weight is 370 g/mol. The molecule has 0 saturated carbocycles. The number of rotatable bonds is 8. The van der Waals surface area contributed by atoms with E-state index >= 15 is 0 Å². The molecule has 4 heteroatoms. The van der Waals surface area contributed by atoms with Gasteiger partial charge in [0.05, 0.1) is 6.54 Å². The van der Waals surface area contributed by atoms with E-state index in [9.17, 15) is 4.79 Å². The Morgan fingerprint density at radius 1 is 1.00 bits per heavy atom. The highest BCUT2D eigenvalue weighted by Crippen LogP contribution is 2.24. The molecular formula is C23H31NO3. The topological polar surface area (TPSA) is 47.6 Å². The molecule has 0 spiro atoms. The van der Waals surface area contributed by atoms with Crippen molar-refractivity contribution in [2.24, 2.45) is 0 Å². The number of nitrogens with one attached hydrogen (secondary N) is 1. The molecular weight excluding hydrogens is 338 g/mol. The SMILES string of the molecule is CCc1ccc(OCCNC(=O)[C@@H](C)Oc2ccc(C(C)(C)C)cc2)cc1. The Morgan fingerprint density at radius 3 is 2.15 bits per heavy atom. The monoisotopic (exact) mass is 369 g/mol. The van der Waals surface area contributed by atoms with Gasteiger partial charge in [0.15, 0.2) is 6.10 Å². The van der Waals surface area contributed by atoms with Gasteiger partial charge in [-0.25, -0.2) is 0 Å². The van der Waals surface area contributed by atoms with Crippen molar-refractivity contribution in [1.29, 1.82) is 0 Å². The van der Waals surface area contributed by atoms with Crippen LogP contribution >= 0.6 is 0 Å². The molecule has 0 heterocycles. The number of hydrogen-bond acceptors (Lipinski definition) is 3. The van der Waals surface area contributed by atoms with Gasteiger partial charge in [0, 0.05) is 0 Å². The number of ether oxygens (including phenoxy) is 2. The Labute approximate surface area is 162 Å². The lowest BCUT2D eigenvalue weighted by Gasteiger charge is -2.20. The van der Waals surface area contributed by atoms with E-state index in [2.05, 4.69) is 45.1 Å². The van der Waals surface area contributed by atoms with E-state index in [1.54, 1.807) is 6.92 Å². The van der Waals surface area contributed by atoms with Gasteiger partial charge >= 0.3 is 0 Å². The minimum absolute atomic E-state index is 0.0956. The first kappa shape index (κ1) is 20.8. The van der Waals surface area contributed by atoms with Crippen LogP contribution in [0.4, 0.5) is 0 Å². The number of hydrogen-bond donors (Lipinski definition) is 1. The van der Waals surface area contributed by atoms with Crippen molar-refractivity contribution >= 4 is 5.91 Å². The van der Waals surface area contributed by atoms with E-state index in [0.29, 0.717) is 18.9 Å². The molecule has 1 atom stereocenters. The molecule has 0 aliphatic heterocycles. The van der Waals surface area contributed by atoms with Crippen LogP contribution in [-0.4, -0.2) is 25.2 Å². The van der Waals surface area contributed by atoms with Crippen LogP contribution in [0.25, 0.3) is 0 Å². The summed E-state index contributed by atoms with van der Waals surface area (Å²) in [4.78, 5) is 12.2. The van der Waals surface area contributed by atoms with Gasteiger partial charge in [-0.2, -0.15) is 0 Å². The zero-order chi connectivity index (χ0) is 19.9. The Kier molecular flexibility index (Phi) is 7.28. The van der Waals surface area contributed by atoms with Gasteiger partial charge < -0.3 is 14.8 Å². The number of carbonyl (C=O) groups excluding carboxylic acids is 1. The van der Waals surface area contributed by atoms with Gasteiger partial charge in [-0.1, -0.05) is 52.0 Å². The molecule has 27 heavy (non-hydrogen) atoms. The minimum atomic E-state index is -0.561. The van der Waals surface area contributed by atoms with Crippen molar-refractivity contribution in [3.8, 4) is 11.5 Å². The highest BCUT2D eigenvalue weighted by atomic mass is 16.5. The quantitative estimate of drug-likeness (QED) is 0.697. The van der Waals surface area contributed by atoms with Crippen molar-refractivity contribution in [1.82, 2.24) is 5.32 Å². The molecule has 0 aliphatic carbocycles. The molecule has 2 aromatic rings. The fraction of sp³-hybridized carbons (Fsp3) is 0.435. The first-order chi connectivity index (χ1) is 12.8. The van der Waals surface area contributed by atoms with Crippen LogP contribution in [0.1, 0.15) is 45.7 Å². The third-order valence-corrected chi connectivity index (χ3v) is 4.40. The van der Waals surface area contributed by atoms with Crippen molar-refractivity contribution in [3.63, 3.8) is 0 Å². The molecule has 1 amide bonds. The van der Waals surface area contributed by atoms with Crippen LogP contribution in [-0.2, 0) is 16.6 Å². The van der Waals surface area contributed by atoms with E-state index in [1.807, 2.05) is 36.4 Å².